The molecule has 4 aliphatic rings. The predicted molar refractivity (Wildman–Crippen MR) is 476 cm³/mol. The first-order valence-electron chi connectivity index (χ1n) is 41.2. The van der Waals surface area contributed by atoms with Crippen LogP contribution < -0.4 is 31.9 Å². The maximum Gasteiger partial charge on any atom is 0.254 e. The summed E-state index contributed by atoms with van der Waals surface area (Å²) in [6, 6.07) is 33.5. The lowest BCUT2D eigenvalue weighted by atomic mass is 10.0. The molecule has 4 aliphatic carbocycles. The quantitative estimate of drug-likeness (QED) is 0.0271. The first-order valence-corrected chi connectivity index (χ1v) is 43.5. The van der Waals surface area contributed by atoms with Crippen LogP contribution in [0.5, 0.6) is 0 Å². The fourth-order valence-corrected chi connectivity index (χ4v) is 15.8. The number of nitrogens with zero attached hydrogens (tertiary/aromatic N) is 16. The van der Waals surface area contributed by atoms with Gasteiger partial charge in [0.2, 0.25) is 0 Å². The lowest BCUT2D eigenvalue weighted by molar-refractivity contribution is 0.0938. The van der Waals surface area contributed by atoms with Gasteiger partial charge in [0, 0.05) is 142 Å². The Kier molecular flexibility index (Phi) is 23.5. The molecule has 20 rings (SSSR count). The molecule has 0 bridgehead atoms. The van der Waals surface area contributed by atoms with Crippen LogP contribution in [0.2, 0.25) is 10.0 Å². The van der Waals surface area contributed by atoms with Crippen molar-refractivity contribution in [3.05, 3.63) is 281 Å². The lowest BCUT2D eigenvalue weighted by Gasteiger charge is -2.19. The van der Waals surface area contributed by atoms with Gasteiger partial charge in [-0.05, 0) is 219 Å². The Morgan fingerprint density at radius 2 is 0.874 bits per heavy atom. The Hall–Kier alpha value is -14.2. The molecule has 4 fully saturated rings. The molecule has 16 aromatic rings. The topological polar surface area (TPSA) is 349 Å². The largest absolute Gasteiger partial charge is 0.351 e. The molecule has 30 nitrogen and oxygen atoms in total. The number of halogens is 4. The maximum absolute atomic E-state index is 14.5. The molecule has 4 saturated carbocycles. The number of hydrogen-bond acceptors (Lipinski definition) is 17. The number of likely N-dealkylation sites (N-methyl/N-ethyl adjacent to an activating group) is 1. The summed E-state index contributed by atoms with van der Waals surface area (Å²) < 4.78 is 67.5. The molecule has 0 radical (unpaired) electrons. The standard InChI is InChI=1S/C25H27N7O2.C24H23ClFN5O3S.C23H21N5O2.C20H15ClFN5O/c1-16-3-4-17(25(34)30-20-5-6-20)11-21(16)19-13-29-32(15-19)23-14-28-22-12-18(7-10-31(22)23)24(33)27-9-8-26-2;1-24(2,3)35(33,34)16-6-7-21-27-11-22(30(21)13-16)31-12-14(10-28-31)17-8-18(20(26)9-19(17)25)23(32)29-15-4-5-15;1-14-3-4-17(23(30)26-19-5-6-19)9-20(14)18-11-25-28(13-18)22-12-24-21-10-16(15(2)29)7-8-27(21)22;21-16-8-17(22)15(20(28)25-13-4-5-13)7-14(16)12-9-23-27(11-12)19-10-24-26-6-2-1-3-18(19)26/h3-4,7,10-15,20,26H,5-6,8-9H2,1-2H3,(H,27,33)(H,30,34);6-13,15H,4-5H2,1-3H3,(H,29,32);3-4,7-13,19H,5-6H2,1-2H3,(H,26,30);1-3,6-11,13H,4-5H2,(H,25,28). The number of aromatic nitrogens is 16. The van der Waals surface area contributed by atoms with Crippen molar-refractivity contribution in [2.24, 2.45) is 0 Å². The molecule has 4 aromatic carbocycles. The number of amides is 5. The van der Waals surface area contributed by atoms with Gasteiger partial charge in [-0.3, -0.25) is 42.0 Å². The van der Waals surface area contributed by atoms with Crippen LogP contribution in [0.3, 0.4) is 0 Å². The number of pyridine rings is 4. The van der Waals surface area contributed by atoms with Gasteiger partial charge in [0.15, 0.2) is 33.1 Å². The van der Waals surface area contributed by atoms with E-state index in [1.165, 1.54) is 48.3 Å². The third-order valence-corrected chi connectivity index (χ3v) is 25.2. The smallest absolute Gasteiger partial charge is 0.254 e. The minimum absolute atomic E-state index is 0.00417. The van der Waals surface area contributed by atoms with Crippen molar-refractivity contribution in [3.8, 4) is 67.6 Å². The summed E-state index contributed by atoms with van der Waals surface area (Å²) in [5.41, 5.74) is 14.1. The fraction of sp³-hybridized carbons (Fsp3) is 0.239. The van der Waals surface area contributed by atoms with Gasteiger partial charge >= 0.3 is 0 Å². The van der Waals surface area contributed by atoms with Crippen LogP contribution in [0.15, 0.2) is 219 Å². The van der Waals surface area contributed by atoms with E-state index in [0.717, 1.165) is 114 Å². The second kappa shape index (κ2) is 35.1. The van der Waals surface area contributed by atoms with E-state index < -0.39 is 38.0 Å². The zero-order valence-electron chi connectivity index (χ0n) is 69.9. The van der Waals surface area contributed by atoms with E-state index in [1.807, 2.05) is 115 Å². The molecule has 0 atom stereocenters. The van der Waals surface area contributed by atoms with Crippen molar-refractivity contribution in [2.75, 3.05) is 20.1 Å². The van der Waals surface area contributed by atoms with Crippen molar-refractivity contribution < 1.29 is 46.0 Å². The highest BCUT2D eigenvalue weighted by Gasteiger charge is 2.33. The Morgan fingerprint density at radius 3 is 1.35 bits per heavy atom. The second-order valence-corrected chi connectivity index (χ2v) is 36.2. The third-order valence-electron chi connectivity index (χ3n) is 22.1. The van der Waals surface area contributed by atoms with Crippen molar-refractivity contribution >= 4 is 90.8 Å². The number of nitrogens with one attached hydrogen (secondary N) is 6. The molecule has 12 aromatic heterocycles. The van der Waals surface area contributed by atoms with Gasteiger partial charge in [-0.15, -0.1) is 0 Å². The summed E-state index contributed by atoms with van der Waals surface area (Å²) in [5, 5.41) is 40.0. The van der Waals surface area contributed by atoms with Crippen molar-refractivity contribution in [1.29, 1.82) is 0 Å². The predicted octanol–water partition coefficient (Wildman–Crippen LogP) is 14.2. The van der Waals surface area contributed by atoms with Gasteiger partial charge in [0.05, 0.1) is 85.9 Å². The number of benzene rings is 4. The molecule has 0 saturated heterocycles. The molecule has 5 amide bonds. The maximum atomic E-state index is 14.5. The Balaban J connectivity index is 0.000000120. The van der Waals surface area contributed by atoms with Gasteiger partial charge in [-0.1, -0.05) is 41.4 Å². The molecule has 0 spiro atoms. The number of carbonyl (C=O) groups is 6. The van der Waals surface area contributed by atoms with Gasteiger partial charge in [0.1, 0.15) is 34.3 Å². The number of fused-ring (bicyclic) bond motifs is 4. The molecule has 0 unspecified atom stereocenters. The zero-order chi connectivity index (χ0) is 88.9. The summed E-state index contributed by atoms with van der Waals surface area (Å²) in [6.45, 7) is 11.8. The van der Waals surface area contributed by atoms with E-state index in [4.69, 9.17) is 23.2 Å². The van der Waals surface area contributed by atoms with E-state index in [1.54, 1.807) is 130 Å². The van der Waals surface area contributed by atoms with Crippen LogP contribution in [0.25, 0.3) is 90.1 Å². The molecule has 127 heavy (non-hydrogen) atoms. The molecule has 12 heterocycles. The fourth-order valence-electron chi connectivity index (χ4n) is 14.1. The van der Waals surface area contributed by atoms with Crippen molar-refractivity contribution in [3.63, 3.8) is 0 Å². The third kappa shape index (κ3) is 18.5. The first-order chi connectivity index (χ1) is 61.1. The number of sulfone groups is 1. The van der Waals surface area contributed by atoms with Crippen molar-refractivity contribution in [1.82, 2.24) is 109 Å². The average molecular weight is 1770 g/mol. The summed E-state index contributed by atoms with van der Waals surface area (Å²) in [7, 11) is -1.74. The Labute approximate surface area is 736 Å². The number of rotatable bonds is 22. The first kappa shape index (κ1) is 85.0. The van der Waals surface area contributed by atoms with E-state index in [-0.39, 0.29) is 61.7 Å². The van der Waals surface area contributed by atoms with Gasteiger partial charge in [0.25, 0.3) is 29.5 Å². The van der Waals surface area contributed by atoms with Crippen molar-refractivity contribution in [2.45, 2.75) is 127 Å². The Bertz CT molecular complexity index is 7140. The lowest BCUT2D eigenvalue weighted by Crippen LogP contribution is -2.30. The van der Waals surface area contributed by atoms with E-state index >= 15 is 0 Å². The number of hydrogen-bond donors (Lipinski definition) is 6. The van der Waals surface area contributed by atoms with Crippen LogP contribution >= 0.6 is 23.2 Å². The molecule has 0 aliphatic heterocycles. The normalized spacial score (nSPS) is 13.8. The number of aryl methyl sites for hydroxylation is 2. The number of carbonyl (C=O) groups excluding carboxylic acids is 6. The minimum Gasteiger partial charge on any atom is -0.351 e. The van der Waals surface area contributed by atoms with E-state index in [9.17, 15) is 46.0 Å². The van der Waals surface area contributed by atoms with E-state index in [0.29, 0.717) is 92.4 Å². The van der Waals surface area contributed by atoms with Crippen LogP contribution in [0, 0.1) is 25.5 Å². The molecule has 646 valence electrons. The second-order valence-electron chi connectivity index (χ2n) is 32.7. The highest BCUT2D eigenvalue weighted by Crippen LogP contribution is 2.37. The summed E-state index contributed by atoms with van der Waals surface area (Å²) in [5.74, 6) is -0.414. The van der Waals surface area contributed by atoms with E-state index in [2.05, 4.69) is 72.3 Å². The number of imidazole rings is 3. The van der Waals surface area contributed by atoms with Crippen LogP contribution in [0.1, 0.15) is 152 Å². The highest BCUT2D eigenvalue weighted by molar-refractivity contribution is 7.92. The summed E-state index contributed by atoms with van der Waals surface area (Å²) >= 11 is 12.6. The Morgan fingerprint density at radius 1 is 0.441 bits per heavy atom. The monoisotopic (exact) mass is 1770 g/mol. The number of ketones is 1. The van der Waals surface area contributed by atoms with Crippen LogP contribution in [-0.2, 0) is 9.84 Å². The molecular formula is C92H86Cl2F2N22O8S. The number of Topliss-reactive ketones (excluding diaryl/α,β-unsaturated/α-hetero) is 1. The molecule has 6 N–H and O–H groups in total. The zero-order valence-corrected chi connectivity index (χ0v) is 72.3. The summed E-state index contributed by atoms with van der Waals surface area (Å²) in [6.07, 6.45) is 35.6. The van der Waals surface area contributed by atoms with Crippen LogP contribution in [-0.4, -0.2) is 170 Å². The minimum atomic E-state index is -3.58. The van der Waals surface area contributed by atoms with Gasteiger partial charge in [-0.2, -0.15) is 25.5 Å². The van der Waals surface area contributed by atoms with Gasteiger partial charge in [-0.25, -0.2) is 55.4 Å². The molecule has 35 heteroatoms. The molecular weight excluding hydrogens is 1680 g/mol. The average Bonchev–Trinajstić information content (AvgIpc) is 1.62. The summed E-state index contributed by atoms with van der Waals surface area (Å²) in [4.78, 5) is 87.1. The SMILES string of the molecule is CC(=O)c1ccn2c(-n3cc(-c4cc(C(=O)NC5CC5)ccc4C)cn3)cnc2c1.CC(C)(C)S(=O)(=O)c1ccc2ncc(-n3cc(-c4cc(C(=O)NC5CC5)c(F)cc4Cl)cn3)n2c1.CNCCNC(=O)c1ccn2c(-n3cc(-c4cc(C(=O)NC5CC5)ccc4C)cn3)cnc2c1.O=C(NC1CC1)c1cc(-c2cnn(-c3cnn4ccccc34)c2)c(Cl)cc1F. The highest BCUT2D eigenvalue weighted by atomic mass is 35.5. The van der Waals surface area contributed by atoms with Gasteiger partial charge < -0.3 is 31.9 Å². The van der Waals surface area contributed by atoms with Crippen LogP contribution in [0.4, 0.5) is 8.78 Å².